The van der Waals surface area contributed by atoms with Crippen LogP contribution in [0, 0.1) is 11.8 Å². The Morgan fingerprint density at radius 1 is 0.897 bits per heavy atom. The lowest BCUT2D eigenvalue weighted by atomic mass is 9.86. The summed E-state index contributed by atoms with van der Waals surface area (Å²) in [7, 11) is 0. The normalized spacial score (nSPS) is 19.3. The first-order valence-electron chi connectivity index (χ1n) is 12.5. The second-order valence-corrected chi connectivity index (χ2v) is 8.78. The van der Waals surface area contributed by atoms with Gasteiger partial charge < -0.3 is 4.74 Å². The number of ether oxygens (including phenoxy) is 1. The predicted octanol–water partition coefficient (Wildman–Crippen LogP) is 7.57. The average molecular weight is 407 g/mol. The number of Topliss-reactive ketones (excluding diaryl/α,β-unsaturated/α-hetero) is 1. The lowest BCUT2D eigenvalue weighted by Gasteiger charge is -2.18. The Kier molecular flexibility index (Phi) is 15.8. The first kappa shape index (κ1) is 25.9. The maximum absolute atomic E-state index is 12.3. The lowest BCUT2D eigenvalue weighted by molar-refractivity contribution is -0.137. The number of carbonyl (C=O) groups is 2. The summed E-state index contributed by atoms with van der Waals surface area (Å²) in [6.45, 7) is 4.51. The van der Waals surface area contributed by atoms with Crippen LogP contribution in [0.1, 0.15) is 123 Å². The van der Waals surface area contributed by atoms with Gasteiger partial charge in [-0.25, -0.2) is 4.79 Å². The second-order valence-electron chi connectivity index (χ2n) is 8.78. The molecule has 1 aliphatic carbocycles. The highest BCUT2D eigenvalue weighted by Crippen LogP contribution is 2.36. The molecule has 1 aliphatic rings. The van der Waals surface area contributed by atoms with E-state index in [-0.39, 0.29) is 5.97 Å². The van der Waals surface area contributed by atoms with Crippen molar-refractivity contribution in [1.82, 2.24) is 0 Å². The summed E-state index contributed by atoms with van der Waals surface area (Å²) in [6.07, 6.45) is 24.4. The smallest absolute Gasteiger partial charge is 0.330 e. The van der Waals surface area contributed by atoms with Gasteiger partial charge in [-0.2, -0.15) is 0 Å². The Bertz CT molecular complexity index is 455. The highest BCUT2D eigenvalue weighted by molar-refractivity contribution is 5.83. The van der Waals surface area contributed by atoms with Crippen molar-refractivity contribution >= 4 is 11.8 Å². The molecule has 0 N–H and O–H groups in total. The zero-order chi connectivity index (χ0) is 21.2. The molecule has 0 aliphatic heterocycles. The van der Waals surface area contributed by atoms with E-state index in [0.29, 0.717) is 24.2 Å². The summed E-state index contributed by atoms with van der Waals surface area (Å²) in [5.74, 6) is 1.19. The van der Waals surface area contributed by atoms with Crippen molar-refractivity contribution in [2.24, 2.45) is 11.8 Å². The standard InChI is InChI=1S/C26H46O3/c1-3-5-6-7-8-9-10-11-12-15-18-23-21-22-25(27)24(23)19-16-13-14-17-20-26(28)29-4-2/h17,20,23-24H,3-16,18-19,21-22H2,1-2H3/t23-,24+/m0/s1. The number of ketones is 1. The van der Waals surface area contributed by atoms with Crippen LogP contribution in [0.3, 0.4) is 0 Å². The third kappa shape index (κ3) is 12.9. The molecular weight excluding hydrogens is 360 g/mol. The topological polar surface area (TPSA) is 43.4 Å². The van der Waals surface area contributed by atoms with Crippen LogP contribution in [-0.4, -0.2) is 18.4 Å². The van der Waals surface area contributed by atoms with E-state index in [2.05, 4.69) is 6.92 Å². The van der Waals surface area contributed by atoms with Gasteiger partial charge in [0.05, 0.1) is 6.61 Å². The molecule has 0 heterocycles. The average Bonchev–Trinajstić information content (AvgIpc) is 3.06. The molecule has 2 atom stereocenters. The fraction of sp³-hybridized carbons (Fsp3) is 0.846. The minimum atomic E-state index is -0.255. The molecule has 0 spiro atoms. The largest absolute Gasteiger partial charge is 0.463 e. The van der Waals surface area contributed by atoms with Gasteiger partial charge in [0.15, 0.2) is 0 Å². The van der Waals surface area contributed by atoms with E-state index in [1.165, 1.54) is 76.7 Å². The first-order chi connectivity index (χ1) is 14.2. The number of esters is 1. The van der Waals surface area contributed by atoms with Crippen LogP contribution >= 0.6 is 0 Å². The number of carbonyl (C=O) groups excluding carboxylic acids is 2. The summed E-state index contributed by atoms with van der Waals surface area (Å²) >= 11 is 0. The van der Waals surface area contributed by atoms with Crippen LogP contribution in [0.2, 0.25) is 0 Å². The zero-order valence-corrected chi connectivity index (χ0v) is 19.3. The SMILES string of the molecule is CCCCCCCCCCCC[C@H]1CCC(=O)[C@@H]1CCCCC=CC(=O)OCC. The molecule has 3 nitrogen and oxygen atoms in total. The summed E-state index contributed by atoms with van der Waals surface area (Å²) in [5, 5.41) is 0. The van der Waals surface area contributed by atoms with Crippen molar-refractivity contribution in [1.29, 1.82) is 0 Å². The van der Waals surface area contributed by atoms with Crippen LogP contribution in [0.15, 0.2) is 12.2 Å². The van der Waals surface area contributed by atoms with Crippen molar-refractivity contribution in [2.75, 3.05) is 6.61 Å². The van der Waals surface area contributed by atoms with Gasteiger partial charge in [-0.3, -0.25) is 4.79 Å². The molecule has 0 aromatic carbocycles. The van der Waals surface area contributed by atoms with E-state index in [1.54, 1.807) is 0 Å². The first-order valence-corrected chi connectivity index (χ1v) is 12.5. The van der Waals surface area contributed by atoms with Crippen LogP contribution < -0.4 is 0 Å². The Hall–Kier alpha value is -1.12. The zero-order valence-electron chi connectivity index (χ0n) is 19.3. The van der Waals surface area contributed by atoms with Crippen molar-refractivity contribution in [3.8, 4) is 0 Å². The highest BCUT2D eigenvalue weighted by Gasteiger charge is 2.33. The van der Waals surface area contributed by atoms with E-state index in [1.807, 2.05) is 13.0 Å². The van der Waals surface area contributed by atoms with E-state index in [4.69, 9.17) is 4.74 Å². The molecule has 0 amide bonds. The van der Waals surface area contributed by atoms with Crippen LogP contribution in [0.4, 0.5) is 0 Å². The third-order valence-electron chi connectivity index (χ3n) is 6.35. The number of hydrogen-bond acceptors (Lipinski definition) is 3. The molecule has 0 aromatic heterocycles. The summed E-state index contributed by atoms with van der Waals surface area (Å²) in [6, 6.07) is 0. The van der Waals surface area contributed by atoms with Gasteiger partial charge in [0, 0.05) is 18.4 Å². The fourth-order valence-electron chi connectivity index (χ4n) is 4.61. The monoisotopic (exact) mass is 406 g/mol. The van der Waals surface area contributed by atoms with Gasteiger partial charge in [0.25, 0.3) is 0 Å². The highest BCUT2D eigenvalue weighted by atomic mass is 16.5. The molecule has 1 rings (SSSR count). The molecule has 1 fully saturated rings. The van der Waals surface area contributed by atoms with E-state index in [0.717, 1.165) is 38.5 Å². The molecule has 29 heavy (non-hydrogen) atoms. The van der Waals surface area contributed by atoms with Gasteiger partial charge >= 0.3 is 5.97 Å². The number of hydrogen-bond donors (Lipinski definition) is 0. The van der Waals surface area contributed by atoms with Crippen molar-refractivity contribution < 1.29 is 14.3 Å². The molecule has 0 bridgehead atoms. The predicted molar refractivity (Wildman–Crippen MR) is 122 cm³/mol. The van der Waals surface area contributed by atoms with Crippen molar-refractivity contribution in [2.45, 2.75) is 123 Å². The van der Waals surface area contributed by atoms with Gasteiger partial charge in [0.1, 0.15) is 5.78 Å². The Labute approximate surface area is 180 Å². The fourth-order valence-corrected chi connectivity index (χ4v) is 4.61. The van der Waals surface area contributed by atoms with Crippen molar-refractivity contribution in [3.63, 3.8) is 0 Å². The molecule has 1 saturated carbocycles. The van der Waals surface area contributed by atoms with Gasteiger partial charge in [-0.15, -0.1) is 0 Å². The van der Waals surface area contributed by atoms with Crippen molar-refractivity contribution in [3.05, 3.63) is 12.2 Å². The third-order valence-corrected chi connectivity index (χ3v) is 6.35. The Morgan fingerprint density at radius 2 is 1.52 bits per heavy atom. The summed E-state index contributed by atoms with van der Waals surface area (Å²) in [4.78, 5) is 23.5. The molecule has 0 saturated heterocycles. The Balaban J connectivity index is 2.06. The molecule has 0 aromatic rings. The molecule has 3 heteroatoms. The summed E-state index contributed by atoms with van der Waals surface area (Å²) in [5.41, 5.74) is 0. The molecular formula is C26H46O3. The van der Waals surface area contributed by atoms with Crippen LogP contribution in [0.5, 0.6) is 0 Å². The van der Waals surface area contributed by atoms with E-state index >= 15 is 0 Å². The minimum Gasteiger partial charge on any atom is -0.463 e. The van der Waals surface area contributed by atoms with E-state index < -0.39 is 0 Å². The molecule has 0 radical (unpaired) electrons. The van der Waals surface area contributed by atoms with Gasteiger partial charge in [0.2, 0.25) is 0 Å². The molecule has 168 valence electrons. The van der Waals surface area contributed by atoms with Crippen LogP contribution in [0.25, 0.3) is 0 Å². The Morgan fingerprint density at radius 3 is 2.17 bits per heavy atom. The van der Waals surface area contributed by atoms with Gasteiger partial charge in [-0.1, -0.05) is 83.6 Å². The lowest BCUT2D eigenvalue weighted by Crippen LogP contribution is -2.14. The summed E-state index contributed by atoms with van der Waals surface area (Å²) < 4.78 is 4.88. The molecule has 0 unspecified atom stereocenters. The van der Waals surface area contributed by atoms with Gasteiger partial charge in [-0.05, 0) is 44.9 Å². The second kappa shape index (κ2) is 17.7. The number of allylic oxidation sites excluding steroid dienone is 1. The number of rotatable bonds is 18. The van der Waals surface area contributed by atoms with E-state index in [9.17, 15) is 9.59 Å². The quantitative estimate of drug-likeness (QED) is 0.134. The minimum absolute atomic E-state index is 0.255. The number of unbranched alkanes of at least 4 members (excludes halogenated alkanes) is 11. The maximum Gasteiger partial charge on any atom is 0.330 e. The maximum atomic E-state index is 12.3. The van der Waals surface area contributed by atoms with Crippen LogP contribution in [-0.2, 0) is 14.3 Å².